The largest absolute Gasteiger partial charge is 0.303 e. The maximum Gasteiger partial charge on any atom is 0.0351 e. The van der Waals surface area contributed by atoms with E-state index >= 15 is 0 Å². The standard InChI is InChI=1S/C20H40N4/c1-17(2)14-21-8-6-18(7-9-21)23-15-19(16-23)22-10-12-24(13-11-22)20(3,4)5/h17-19H,6-16H2,1-5H3. The molecule has 0 aromatic carbocycles. The van der Waals surface area contributed by atoms with Crippen LogP contribution in [0.5, 0.6) is 0 Å². The Bertz CT molecular complexity index is 381. The summed E-state index contributed by atoms with van der Waals surface area (Å²) in [5.74, 6) is 0.807. The normalized spacial score (nSPS) is 27.8. The van der Waals surface area contributed by atoms with E-state index in [1.807, 2.05) is 0 Å². The molecule has 0 spiro atoms. The van der Waals surface area contributed by atoms with Crippen LogP contribution >= 0.6 is 0 Å². The Hall–Kier alpha value is -0.160. The minimum atomic E-state index is 0.335. The number of piperidine rings is 1. The summed E-state index contributed by atoms with van der Waals surface area (Å²) in [5, 5.41) is 0. The van der Waals surface area contributed by atoms with Gasteiger partial charge in [-0.3, -0.25) is 14.7 Å². The van der Waals surface area contributed by atoms with Gasteiger partial charge >= 0.3 is 0 Å². The van der Waals surface area contributed by atoms with Crippen molar-refractivity contribution < 1.29 is 0 Å². The van der Waals surface area contributed by atoms with Gasteiger partial charge < -0.3 is 4.90 Å². The molecule has 0 bridgehead atoms. The topological polar surface area (TPSA) is 13.0 Å². The minimum absolute atomic E-state index is 0.335. The quantitative estimate of drug-likeness (QED) is 0.780. The molecular weight excluding hydrogens is 296 g/mol. The fourth-order valence-corrected chi connectivity index (χ4v) is 4.76. The first-order valence-corrected chi connectivity index (χ1v) is 10.3. The van der Waals surface area contributed by atoms with E-state index in [4.69, 9.17) is 0 Å². The van der Waals surface area contributed by atoms with E-state index in [0.29, 0.717) is 5.54 Å². The van der Waals surface area contributed by atoms with Crippen molar-refractivity contribution >= 4 is 0 Å². The summed E-state index contributed by atoms with van der Waals surface area (Å²) >= 11 is 0. The van der Waals surface area contributed by atoms with Gasteiger partial charge in [0, 0.05) is 63.4 Å². The average molecular weight is 337 g/mol. The summed E-state index contributed by atoms with van der Waals surface area (Å²) < 4.78 is 0. The van der Waals surface area contributed by atoms with Crippen LogP contribution in [-0.4, -0.2) is 96.1 Å². The molecule has 3 aliphatic rings. The number of hydrogen-bond donors (Lipinski definition) is 0. The van der Waals surface area contributed by atoms with Crippen LogP contribution in [0.3, 0.4) is 0 Å². The maximum absolute atomic E-state index is 2.77. The van der Waals surface area contributed by atoms with Gasteiger partial charge in [0.15, 0.2) is 0 Å². The van der Waals surface area contributed by atoms with Crippen molar-refractivity contribution in [2.24, 2.45) is 5.92 Å². The van der Waals surface area contributed by atoms with Crippen molar-refractivity contribution in [1.82, 2.24) is 19.6 Å². The fourth-order valence-electron chi connectivity index (χ4n) is 4.76. The van der Waals surface area contributed by atoms with Gasteiger partial charge in [-0.25, -0.2) is 0 Å². The second-order valence-electron chi connectivity index (χ2n) is 9.73. The summed E-state index contributed by atoms with van der Waals surface area (Å²) in [5.41, 5.74) is 0.335. The van der Waals surface area contributed by atoms with Crippen molar-refractivity contribution in [2.45, 2.75) is 65.1 Å². The Morgan fingerprint density at radius 1 is 0.792 bits per heavy atom. The smallest absolute Gasteiger partial charge is 0.0351 e. The van der Waals surface area contributed by atoms with Crippen LogP contribution in [0.4, 0.5) is 0 Å². The molecule has 0 N–H and O–H groups in total. The lowest BCUT2D eigenvalue weighted by Crippen LogP contribution is -2.66. The zero-order valence-electron chi connectivity index (χ0n) is 16.8. The highest BCUT2D eigenvalue weighted by Crippen LogP contribution is 2.26. The zero-order chi connectivity index (χ0) is 17.3. The summed E-state index contributed by atoms with van der Waals surface area (Å²) in [6, 6.07) is 1.70. The molecule has 3 rings (SSSR count). The third-order valence-electron chi connectivity index (χ3n) is 6.37. The van der Waals surface area contributed by atoms with Crippen LogP contribution in [0.1, 0.15) is 47.5 Å². The first kappa shape index (κ1) is 18.6. The third kappa shape index (κ3) is 4.51. The molecule has 24 heavy (non-hydrogen) atoms. The molecule has 140 valence electrons. The summed E-state index contributed by atoms with van der Waals surface area (Å²) in [6.07, 6.45) is 2.77. The van der Waals surface area contributed by atoms with Gasteiger partial charge in [-0.1, -0.05) is 13.8 Å². The zero-order valence-corrected chi connectivity index (χ0v) is 16.8. The molecule has 0 atom stereocenters. The molecule has 0 aromatic rings. The highest BCUT2D eigenvalue weighted by Gasteiger charge is 2.38. The van der Waals surface area contributed by atoms with E-state index in [-0.39, 0.29) is 0 Å². The molecule has 0 saturated carbocycles. The van der Waals surface area contributed by atoms with E-state index in [1.54, 1.807) is 0 Å². The van der Waals surface area contributed by atoms with Crippen LogP contribution in [0.2, 0.25) is 0 Å². The second kappa shape index (κ2) is 7.61. The Balaban J connectivity index is 1.35. The monoisotopic (exact) mass is 336 g/mol. The van der Waals surface area contributed by atoms with Crippen molar-refractivity contribution in [3.8, 4) is 0 Å². The summed E-state index contributed by atoms with van der Waals surface area (Å²) in [7, 11) is 0. The Morgan fingerprint density at radius 3 is 1.88 bits per heavy atom. The molecule has 4 heteroatoms. The average Bonchev–Trinajstić information content (AvgIpc) is 2.46. The molecule has 3 fully saturated rings. The minimum Gasteiger partial charge on any atom is -0.303 e. The third-order valence-corrected chi connectivity index (χ3v) is 6.37. The van der Waals surface area contributed by atoms with E-state index in [9.17, 15) is 0 Å². The van der Waals surface area contributed by atoms with Crippen molar-refractivity contribution in [3.63, 3.8) is 0 Å². The van der Waals surface area contributed by atoms with Crippen LogP contribution in [0, 0.1) is 5.92 Å². The fraction of sp³-hybridized carbons (Fsp3) is 1.00. The number of hydrogen-bond acceptors (Lipinski definition) is 4. The van der Waals surface area contributed by atoms with E-state index in [2.05, 4.69) is 54.2 Å². The number of rotatable bonds is 4. The SMILES string of the molecule is CC(C)CN1CCC(N2CC(N3CCN(C(C)(C)C)CC3)C2)CC1. The number of piperazine rings is 1. The molecular formula is C20H40N4. The van der Waals surface area contributed by atoms with E-state index in [1.165, 1.54) is 71.7 Å². The molecule has 3 saturated heterocycles. The van der Waals surface area contributed by atoms with Crippen LogP contribution in [0.15, 0.2) is 0 Å². The molecule has 0 aliphatic carbocycles. The van der Waals surface area contributed by atoms with E-state index < -0.39 is 0 Å². The van der Waals surface area contributed by atoms with Gasteiger partial charge in [0.25, 0.3) is 0 Å². The summed E-state index contributed by atoms with van der Waals surface area (Å²) in [6.45, 7) is 23.3. The summed E-state index contributed by atoms with van der Waals surface area (Å²) in [4.78, 5) is 10.8. The molecule has 0 radical (unpaired) electrons. The second-order valence-corrected chi connectivity index (χ2v) is 9.73. The maximum atomic E-state index is 2.77. The van der Waals surface area contributed by atoms with Crippen LogP contribution in [0.25, 0.3) is 0 Å². The molecule has 3 aliphatic heterocycles. The predicted octanol–water partition coefficient (Wildman–Crippen LogP) is 2.21. The van der Waals surface area contributed by atoms with Crippen LogP contribution in [-0.2, 0) is 0 Å². The number of nitrogens with zero attached hydrogens (tertiary/aromatic N) is 4. The van der Waals surface area contributed by atoms with Gasteiger partial charge in [-0.05, 0) is 52.6 Å². The molecule has 4 nitrogen and oxygen atoms in total. The Labute approximate surface area is 150 Å². The molecule has 0 amide bonds. The number of likely N-dealkylation sites (tertiary alicyclic amines) is 2. The van der Waals surface area contributed by atoms with Gasteiger partial charge in [0.2, 0.25) is 0 Å². The first-order valence-electron chi connectivity index (χ1n) is 10.3. The Morgan fingerprint density at radius 2 is 1.38 bits per heavy atom. The first-order chi connectivity index (χ1) is 11.3. The van der Waals surface area contributed by atoms with Crippen LogP contribution < -0.4 is 0 Å². The lowest BCUT2D eigenvalue weighted by atomic mass is 9.95. The van der Waals surface area contributed by atoms with Crippen molar-refractivity contribution in [2.75, 3.05) is 58.9 Å². The van der Waals surface area contributed by atoms with Gasteiger partial charge in [-0.15, -0.1) is 0 Å². The molecule has 0 aromatic heterocycles. The van der Waals surface area contributed by atoms with Gasteiger partial charge in [0.05, 0.1) is 0 Å². The van der Waals surface area contributed by atoms with Gasteiger partial charge in [0.1, 0.15) is 0 Å². The highest BCUT2D eigenvalue weighted by atomic mass is 15.4. The Kier molecular flexibility index (Phi) is 5.90. The van der Waals surface area contributed by atoms with Crippen molar-refractivity contribution in [1.29, 1.82) is 0 Å². The van der Waals surface area contributed by atoms with E-state index in [0.717, 1.165) is 18.0 Å². The predicted molar refractivity (Wildman–Crippen MR) is 103 cm³/mol. The lowest BCUT2D eigenvalue weighted by molar-refractivity contribution is -0.0409. The molecule has 0 unspecified atom stereocenters. The van der Waals surface area contributed by atoms with Gasteiger partial charge in [-0.2, -0.15) is 0 Å². The lowest BCUT2D eigenvalue weighted by Gasteiger charge is -2.53. The molecule has 3 heterocycles. The van der Waals surface area contributed by atoms with Crippen molar-refractivity contribution in [3.05, 3.63) is 0 Å². The highest BCUT2D eigenvalue weighted by molar-refractivity contribution is 4.95.